The Bertz CT molecular complexity index is 338. The number of ether oxygens (including phenoxy) is 1. The van der Waals surface area contributed by atoms with E-state index in [0.717, 1.165) is 24.3 Å². The first-order valence-corrected chi connectivity index (χ1v) is 5.45. The van der Waals surface area contributed by atoms with Crippen LogP contribution in [0.3, 0.4) is 0 Å². The Balaban J connectivity index is 2.56. The maximum Gasteiger partial charge on any atom is 0.137 e. The van der Waals surface area contributed by atoms with Crippen LogP contribution in [0, 0.1) is 10.5 Å². The van der Waals surface area contributed by atoms with Crippen molar-refractivity contribution in [2.45, 2.75) is 19.4 Å². The molecule has 1 aromatic carbocycles. The molecule has 1 aromatic rings. The second-order valence-corrected chi connectivity index (χ2v) is 4.44. The minimum atomic E-state index is 0.151. The molecule has 2 rings (SSSR count). The second kappa shape index (κ2) is 3.46. The number of fused-ring (bicyclic) bond motifs is 1. The van der Waals surface area contributed by atoms with Crippen molar-refractivity contribution in [1.82, 2.24) is 0 Å². The van der Waals surface area contributed by atoms with E-state index in [2.05, 4.69) is 41.6 Å². The molecule has 70 valence electrons. The van der Waals surface area contributed by atoms with Crippen molar-refractivity contribution < 1.29 is 4.74 Å². The van der Waals surface area contributed by atoms with Crippen LogP contribution < -0.4 is 10.5 Å². The molecule has 13 heavy (non-hydrogen) atoms. The van der Waals surface area contributed by atoms with Crippen molar-refractivity contribution >= 4 is 22.6 Å². The Hall–Kier alpha value is -0.290. The van der Waals surface area contributed by atoms with Gasteiger partial charge in [-0.05, 0) is 35.1 Å². The van der Waals surface area contributed by atoms with Gasteiger partial charge in [-0.1, -0.05) is 12.1 Å². The third kappa shape index (κ3) is 1.55. The molecule has 0 unspecified atom stereocenters. The summed E-state index contributed by atoms with van der Waals surface area (Å²) >= 11 is 2.32. The van der Waals surface area contributed by atoms with Crippen LogP contribution in [0.5, 0.6) is 5.75 Å². The van der Waals surface area contributed by atoms with Gasteiger partial charge in [-0.2, -0.15) is 0 Å². The molecule has 0 aliphatic carbocycles. The number of nitrogens with two attached hydrogens (primary N) is 1. The van der Waals surface area contributed by atoms with E-state index in [9.17, 15) is 0 Å². The monoisotopic (exact) mass is 289 g/mol. The normalized spacial score (nSPS) is 20.7. The zero-order valence-electron chi connectivity index (χ0n) is 7.51. The fourth-order valence-electron chi connectivity index (χ4n) is 1.55. The zero-order valence-corrected chi connectivity index (χ0v) is 9.67. The van der Waals surface area contributed by atoms with E-state index in [4.69, 9.17) is 10.5 Å². The molecular weight excluding hydrogens is 277 g/mol. The molecule has 0 saturated heterocycles. The average molecular weight is 289 g/mol. The molecule has 0 amide bonds. The van der Waals surface area contributed by atoms with Crippen LogP contribution in [0.1, 0.15) is 23.6 Å². The number of hydrogen-bond acceptors (Lipinski definition) is 2. The highest BCUT2D eigenvalue weighted by molar-refractivity contribution is 14.1. The van der Waals surface area contributed by atoms with E-state index in [-0.39, 0.29) is 6.04 Å². The third-order valence-electron chi connectivity index (χ3n) is 2.40. The largest absolute Gasteiger partial charge is 0.492 e. The van der Waals surface area contributed by atoms with Gasteiger partial charge in [0.05, 0.1) is 10.2 Å². The Morgan fingerprint density at radius 1 is 1.54 bits per heavy atom. The number of rotatable bonds is 0. The molecule has 3 heteroatoms. The van der Waals surface area contributed by atoms with Crippen molar-refractivity contribution in [2.24, 2.45) is 5.73 Å². The van der Waals surface area contributed by atoms with E-state index in [0.29, 0.717) is 0 Å². The van der Waals surface area contributed by atoms with Crippen molar-refractivity contribution in [3.63, 3.8) is 0 Å². The molecule has 0 aromatic heterocycles. The molecule has 2 N–H and O–H groups in total. The number of hydrogen-bond donors (Lipinski definition) is 1. The van der Waals surface area contributed by atoms with Gasteiger partial charge in [-0.3, -0.25) is 0 Å². The summed E-state index contributed by atoms with van der Waals surface area (Å²) < 4.78 is 6.82. The average Bonchev–Trinajstić information content (AvgIpc) is 2.12. The summed E-state index contributed by atoms with van der Waals surface area (Å²) in [6, 6.07) is 4.34. The van der Waals surface area contributed by atoms with Gasteiger partial charge in [0, 0.05) is 18.0 Å². The molecule has 1 heterocycles. The number of benzene rings is 1. The van der Waals surface area contributed by atoms with Gasteiger partial charge >= 0.3 is 0 Å². The third-order valence-corrected chi connectivity index (χ3v) is 3.74. The van der Waals surface area contributed by atoms with Crippen LogP contribution in [0.15, 0.2) is 12.1 Å². The topological polar surface area (TPSA) is 35.2 Å². The standard InChI is InChI=1S/C10H12INO/c1-6-2-3-7-8(12)4-5-13-10(7)9(6)11/h2-3,8H,4-5,12H2,1H3/t8-/m0/s1. The Morgan fingerprint density at radius 2 is 2.31 bits per heavy atom. The molecule has 0 spiro atoms. The molecule has 2 nitrogen and oxygen atoms in total. The van der Waals surface area contributed by atoms with Crippen LogP contribution in [-0.4, -0.2) is 6.61 Å². The fourth-order valence-corrected chi connectivity index (χ4v) is 2.20. The smallest absolute Gasteiger partial charge is 0.137 e. The van der Waals surface area contributed by atoms with Gasteiger partial charge in [0.2, 0.25) is 0 Å². The summed E-state index contributed by atoms with van der Waals surface area (Å²) in [5.74, 6) is 0.999. The summed E-state index contributed by atoms with van der Waals surface area (Å²) in [5, 5.41) is 0. The second-order valence-electron chi connectivity index (χ2n) is 3.36. The van der Waals surface area contributed by atoms with Crippen molar-refractivity contribution in [2.75, 3.05) is 6.61 Å². The van der Waals surface area contributed by atoms with E-state index in [1.165, 1.54) is 9.13 Å². The lowest BCUT2D eigenvalue weighted by Gasteiger charge is -2.24. The first kappa shape index (κ1) is 9.27. The Kier molecular flexibility index (Phi) is 2.47. The molecule has 1 aliphatic rings. The predicted octanol–water partition coefficient (Wildman–Crippen LogP) is 2.38. The Morgan fingerprint density at radius 3 is 3.08 bits per heavy atom. The fraction of sp³-hybridized carbons (Fsp3) is 0.400. The van der Waals surface area contributed by atoms with Gasteiger partial charge in [-0.25, -0.2) is 0 Å². The molecule has 0 fully saturated rings. The lowest BCUT2D eigenvalue weighted by molar-refractivity contribution is 0.266. The van der Waals surface area contributed by atoms with E-state index in [1.807, 2.05) is 0 Å². The molecule has 1 aliphatic heterocycles. The van der Waals surface area contributed by atoms with Crippen molar-refractivity contribution in [3.05, 3.63) is 26.8 Å². The highest BCUT2D eigenvalue weighted by Gasteiger charge is 2.20. The quantitative estimate of drug-likeness (QED) is 0.744. The van der Waals surface area contributed by atoms with Crippen LogP contribution in [0.2, 0.25) is 0 Å². The molecule has 0 bridgehead atoms. The van der Waals surface area contributed by atoms with Crippen molar-refractivity contribution in [3.8, 4) is 5.75 Å². The molecule has 0 radical (unpaired) electrons. The van der Waals surface area contributed by atoms with Crippen LogP contribution in [0.4, 0.5) is 0 Å². The maximum atomic E-state index is 5.98. The summed E-state index contributed by atoms with van der Waals surface area (Å²) in [5.41, 5.74) is 8.39. The van der Waals surface area contributed by atoms with Crippen molar-refractivity contribution in [1.29, 1.82) is 0 Å². The lowest BCUT2D eigenvalue weighted by atomic mass is 10.0. The summed E-state index contributed by atoms with van der Waals surface area (Å²) in [4.78, 5) is 0. The summed E-state index contributed by atoms with van der Waals surface area (Å²) in [6.07, 6.45) is 0.923. The van der Waals surface area contributed by atoms with Crippen LogP contribution in [0.25, 0.3) is 0 Å². The highest BCUT2D eigenvalue weighted by atomic mass is 127. The first-order valence-electron chi connectivity index (χ1n) is 4.37. The van der Waals surface area contributed by atoms with Gasteiger partial charge in [0.1, 0.15) is 5.75 Å². The van der Waals surface area contributed by atoms with Gasteiger partial charge in [0.25, 0.3) is 0 Å². The minimum Gasteiger partial charge on any atom is -0.492 e. The predicted molar refractivity (Wildman–Crippen MR) is 60.9 cm³/mol. The summed E-state index contributed by atoms with van der Waals surface area (Å²) in [7, 11) is 0. The highest BCUT2D eigenvalue weighted by Crippen LogP contribution is 2.35. The van der Waals surface area contributed by atoms with E-state index in [1.54, 1.807) is 0 Å². The molecular formula is C10H12INO. The van der Waals surface area contributed by atoms with Gasteiger partial charge in [0.15, 0.2) is 0 Å². The number of halogens is 1. The first-order chi connectivity index (χ1) is 6.20. The van der Waals surface area contributed by atoms with Gasteiger partial charge < -0.3 is 10.5 Å². The minimum absolute atomic E-state index is 0.151. The van der Waals surface area contributed by atoms with Gasteiger partial charge in [-0.15, -0.1) is 0 Å². The maximum absolute atomic E-state index is 5.98. The van der Waals surface area contributed by atoms with E-state index >= 15 is 0 Å². The van der Waals surface area contributed by atoms with Crippen LogP contribution >= 0.6 is 22.6 Å². The van der Waals surface area contributed by atoms with E-state index < -0.39 is 0 Å². The lowest BCUT2D eigenvalue weighted by Crippen LogP contribution is -2.21. The Labute approximate surface area is 91.6 Å². The number of aryl methyl sites for hydroxylation is 1. The molecule has 1 atom stereocenters. The van der Waals surface area contributed by atoms with Crippen LogP contribution in [-0.2, 0) is 0 Å². The SMILES string of the molecule is Cc1ccc2c(c1I)OCC[C@@H]2N. The molecule has 0 saturated carbocycles. The zero-order chi connectivity index (χ0) is 9.42. The summed E-state index contributed by atoms with van der Waals surface area (Å²) in [6.45, 7) is 2.83.